The summed E-state index contributed by atoms with van der Waals surface area (Å²) in [5, 5.41) is 0. The second-order valence-corrected chi connectivity index (χ2v) is 17.6. The minimum Gasteiger partial charge on any atom is -0.319 e. The molecule has 0 atom stereocenters. The van der Waals surface area contributed by atoms with Crippen LogP contribution in [-0.4, -0.2) is 19.1 Å². The van der Waals surface area contributed by atoms with Crippen LogP contribution in [0.5, 0.6) is 0 Å². The van der Waals surface area contributed by atoms with Crippen LogP contribution in [0.2, 0.25) is 0 Å². The fourth-order valence-electron chi connectivity index (χ4n) is 10.3. The molecule has 0 saturated carbocycles. The molecule has 9 rings (SSSR count). The van der Waals surface area contributed by atoms with Gasteiger partial charge in [0.05, 0.1) is 22.1 Å². The van der Waals surface area contributed by atoms with Crippen LogP contribution in [0.25, 0.3) is 56.0 Å². The van der Waals surface area contributed by atoms with Crippen LogP contribution in [0, 0.1) is 0 Å². The van der Waals surface area contributed by atoms with Gasteiger partial charge >= 0.3 is 0 Å². The molecule has 0 spiro atoms. The predicted octanol–water partition coefficient (Wildman–Crippen LogP) is 15.6. The average Bonchev–Trinajstić information content (AvgIpc) is 3.93. The van der Waals surface area contributed by atoms with E-state index in [-0.39, 0.29) is 5.41 Å². The first-order chi connectivity index (χ1) is 30.2. The summed E-state index contributed by atoms with van der Waals surface area (Å²) in [4.78, 5) is 11.1. The monoisotopic (exact) mass is 802 g/mol. The van der Waals surface area contributed by atoms with Crippen LogP contribution in [0.1, 0.15) is 126 Å². The Morgan fingerprint density at radius 2 is 0.770 bits per heavy atom. The summed E-state index contributed by atoms with van der Waals surface area (Å²) in [6.07, 6.45) is 17.8. The average molecular weight is 803 g/mol. The maximum absolute atomic E-state index is 5.54. The van der Waals surface area contributed by atoms with E-state index in [1.54, 1.807) is 0 Å². The molecule has 2 aromatic heterocycles. The Balaban J connectivity index is 1.26. The van der Waals surface area contributed by atoms with Crippen molar-refractivity contribution in [2.75, 3.05) is 0 Å². The highest BCUT2D eigenvalue weighted by atomic mass is 15.1. The Bertz CT molecular complexity index is 2470. The van der Waals surface area contributed by atoms with Gasteiger partial charge in [-0.25, -0.2) is 9.97 Å². The number of hydrogen-bond donors (Lipinski definition) is 0. The van der Waals surface area contributed by atoms with Crippen LogP contribution in [0.15, 0.2) is 146 Å². The molecular formula is C57H62N4. The van der Waals surface area contributed by atoms with Crippen LogP contribution < -0.4 is 0 Å². The maximum atomic E-state index is 5.54. The first-order valence-electron chi connectivity index (χ1n) is 23.5. The predicted molar refractivity (Wildman–Crippen MR) is 257 cm³/mol. The lowest BCUT2D eigenvalue weighted by molar-refractivity contribution is 0.398. The standard InChI is InChI=1S/C57H62N4/c1-3-5-7-9-11-25-35-57(36-26-12-10-8-6-4-2)49-39-51-53(60(41-43-27-17-13-18-28-43)55(58-51)45-31-21-15-22-32-45)37-47(49)48-38-54-52(40-50(48)57)59-56(46-33-23-16-24-34-46)61(54)42-44-29-19-14-20-30-44/h13-24,27-34,37-40H,3-12,25-26,35-36,41-42H2,1-2H3. The normalized spacial score (nSPS) is 13.0. The van der Waals surface area contributed by atoms with E-state index >= 15 is 0 Å². The highest BCUT2D eigenvalue weighted by molar-refractivity contribution is 5.97. The Labute approximate surface area is 363 Å². The summed E-state index contributed by atoms with van der Waals surface area (Å²) in [5.74, 6) is 2.06. The van der Waals surface area contributed by atoms with Crippen molar-refractivity contribution in [2.24, 2.45) is 0 Å². The number of rotatable bonds is 20. The highest BCUT2D eigenvalue weighted by Gasteiger charge is 2.43. The highest BCUT2D eigenvalue weighted by Crippen LogP contribution is 2.56. The molecule has 6 aromatic carbocycles. The van der Waals surface area contributed by atoms with Gasteiger partial charge in [-0.15, -0.1) is 0 Å². The maximum Gasteiger partial charge on any atom is 0.141 e. The van der Waals surface area contributed by atoms with Crippen molar-refractivity contribution in [3.63, 3.8) is 0 Å². The minimum absolute atomic E-state index is 0.102. The number of hydrogen-bond acceptors (Lipinski definition) is 2. The molecule has 0 saturated heterocycles. The molecule has 0 unspecified atom stereocenters. The van der Waals surface area contributed by atoms with Crippen LogP contribution in [0.4, 0.5) is 0 Å². The number of nitrogens with zero attached hydrogens (tertiary/aromatic N) is 4. The third kappa shape index (κ3) is 8.47. The molecule has 0 bridgehead atoms. The van der Waals surface area contributed by atoms with Gasteiger partial charge in [0.15, 0.2) is 0 Å². The van der Waals surface area contributed by atoms with Crippen LogP contribution in [0.3, 0.4) is 0 Å². The molecule has 4 nitrogen and oxygen atoms in total. The van der Waals surface area contributed by atoms with E-state index < -0.39 is 0 Å². The molecule has 4 heteroatoms. The van der Waals surface area contributed by atoms with Crippen molar-refractivity contribution in [3.05, 3.63) is 168 Å². The van der Waals surface area contributed by atoms with Gasteiger partial charge in [-0.2, -0.15) is 0 Å². The summed E-state index contributed by atoms with van der Waals surface area (Å²) < 4.78 is 4.93. The van der Waals surface area contributed by atoms with Crippen LogP contribution in [-0.2, 0) is 18.5 Å². The Morgan fingerprint density at radius 1 is 0.410 bits per heavy atom. The lowest BCUT2D eigenvalue weighted by Crippen LogP contribution is -2.25. The number of imidazole rings is 2. The van der Waals surface area contributed by atoms with E-state index in [4.69, 9.17) is 9.97 Å². The quantitative estimate of drug-likeness (QED) is 0.0720. The molecule has 0 aliphatic heterocycles. The zero-order valence-corrected chi connectivity index (χ0v) is 36.5. The van der Waals surface area contributed by atoms with Gasteiger partial charge in [-0.05, 0) is 70.5 Å². The number of aromatic nitrogens is 4. The molecule has 1 aliphatic rings. The Hall–Kier alpha value is -5.74. The lowest BCUT2D eigenvalue weighted by Gasteiger charge is -2.33. The van der Waals surface area contributed by atoms with Gasteiger partial charge < -0.3 is 9.13 Å². The Morgan fingerprint density at radius 3 is 1.16 bits per heavy atom. The largest absolute Gasteiger partial charge is 0.319 e. The van der Waals surface area contributed by atoms with Gasteiger partial charge in [0, 0.05) is 29.6 Å². The van der Waals surface area contributed by atoms with Crippen LogP contribution >= 0.6 is 0 Å². The molecule has 1 aliphatic carbocycles. The lowest BCUT2D eigenvalue weighted by atomic mass is 9.70. The summed E-state index contributed by atoms with van der Waals surface area (Å²) in [6.45, 7) is 6.16. The Kier molecular flexibility index (Phi) is 12.6. The van der Waals surface area contributed by atoms with E-state index in [1.807, 2.05) is 0 Å². The molecule has 61 heavy (non-hydrogen) atoms. The summed E-state index contributed by atoms with van der Waals surface area (Å²) in [6, 6.07) is 53.5. The zero-order chi connectivity index (χ0) is 41.4. The van der Waals surface area contributed by atoms with Gasteiger partial charge in [0.1, 0.15) is 11.6 Å². The fraction of sp³-hybridized carbons (Fsp3) is 0.333. The fourth-order valence-corrected chi connectivity index (χ4v) is 10.3. The summed E-state index contributed by atoms with van der Waals surface area (Å²) in [7, 11) is 0. The smallest absolute Gasteiger partial charge is 0.141 e. The van der Waals surface area contributed by atoms with E-state index in [1.165, 1.54) is 121 Å². The van der Waals surface area contributed by atoms with Crippen molar-refractivity contribution < 1.29 is 0 Å². The van der Waals surface area contributed by atoms with E-state index in [0.29, 0.717) is 0 Å². The topological polar surface area (TPSA) is 35.6 Å². The third-order valence-corrected chi connectivity index (χ3v) is 13.4. The first kappa shape index (κ1) is 40.7. The third-order valence-electron chi connectivity index (χ3n) is 13.4. The molecule has 0 amide bonds. The van der Waals surface area contributed by atoms with Crippen molar-refractivity contribution >= 4 is 22.1 Å². The van der Waals surface area contributed by atoms with Crippen molar-refractivity contribution in [1.29, 1.82) is 0 Å². The second-order valence-electron chi connectivity index (χ2n) is 17.6. The minimum atomic E-state index is -0.102. The number of fused-ring (bicyclic) bond motifs is 5. The molecular weight excluding hydrogens is 741 g/mol. The van der Waals surface area contributed by atoms with Gasteiger partial charge in [-0.3, -0.25) is 0 Å². The molecule has 8 aromatic rings. The molecule has 310 valence electrons. The number of unbranched alkanes of at least 4 members (excludes halogenated alkanes) is 10. The second kappa shape index (κ2) is 18.9. The van der Waals surface area contributed by atoms with Gasteiger partial charge in [0.25, 0.3) is 0 Å². The number of benzene rings is 6. The van der Waals surface area contributed by atoms with Crippen molar-refractivity contribution in [3.8, 4) is 33.9 Å². The molecule has 2 heterocycles. The van der Waals surface area contributed by atoms with Crippen molar-refractivity contribution in [1.82, 2.24) is 19.1 Å². The summed E-state index contributed by atoms with van der Waals surface area (Å²) in [5.41, 5.74) is 15.1. The molecule has 0 radical (unpaired) electrons. The van der Waals surface area contributed by atoms with E-state index in [9.17, 15) is 0 Å². The zero-order valence-electron chi connectivity index (χ0n) is 36.5. The van der Waals surface area contributed by atoms with Gasteiger partial charge in [0.2, 0.25) is 0 Å². The summed E-state index contributed by atoms with van der Waals surface area (Å²) >= 11 is 0. The van der Waals surface area contributed by atoms with E-state index in [2.05, 4.69) is 169 Å². The van der Waals surface area contributed by atoms with E-state index in [0.717, 1.165) is 59.7 Å². The SMILES string of the molecule is CCCCCCCCC1(CCCCCCCC)c2cc3nc(-c4ccccc4)n(Cc4ccccc4)c3cc2-c2cc3c(cc21)nc(-c1ccccc1)n3Cc1ccccc1. The molecule has 0 fully saturated rings. The first-order valence-corrected chi connectivity index (χ1v) is 23.5. The van der Waals surface area contributed by atoms with Gasteiger partial charge in [-0.1, -0.05) is 212 Å². The van der Waals surface area contributed by atoms with Crippen molar-refractivity contribution in [2.45, 2.75) is 122 Å². The molecule has 0 N–H and O–H groups in total.